The van der Waals surface area contributed by atoms with E-state index in [1.165, 1.54) is 22.3 Å². The van der Waals surface area contributed by atoms with Crippen LogP contribution in [0, 0.1) is 0 Å². The first-order chi connectivity index (χ1) is 15.7. The Bertz CT molecular complexity index is 1040. The van der Waals surface area contributed by atoms with Crippen molar-refractivity contribution in [3.8, 4) is 28.4 Å². The van der Waals surface area contributed by atoms with Crippen molar-refractivity contribution in [3.63, 3.8) is 0 Å². The first kappa shape index (κ1) is 21.6. The summed E-state index contributed by atoms with van der Waals surface area (Å²) in [5, 5.41) is 2.81. The molecule has 1 N–H and O–H groups in total. The van der Waals surface area contributed by atoms with Gasteiger partial charge in [-0.3, -0.25) is 0 Å². The highest BCUT2D eigenvalue weighted by atomic mass is 16.5. The summed E-state index contributed by atoms with van der Waals surface area (Å²) >= 11 is 0. The molecule has 1 aliphatic carbocycles. The Labute approximate surface area is 188 Å². The maximum atomic E-state index is 12.5. The molecule has 32 heavy (non-hydrogen) atoms. The van der Waals surface area contributed by atoms with Crippen LogP contribution in [-0.4, -0.2) is 33.5 Å². The lowest BCUT2D eigenvalue weighted by Crippen LogP contribution is -2.26. The Morgan fingerprint density at radius 3 is 2.00 bits per heavy atom. The third-order valence-corrected chi connectivity index (χ3v) is 5.65. The van der Waals surface area contributed by atoms with E-state index in [9.17, 15) is 4.79 Å². The molecule has 6 heteroatoms. The second kappa shape index (κ2) is 9.64. The predicted octanol–water partition coefficient (Wildman–Crippen LogP) is 5.14. The summed E-state index contributed by atoms with van der Waals surface area (Å²) in [5.74, 6) is 1.81. The molecule has 6 nitrogen and oxygen atoms in total. The molecule has 1 amide bonds. The van der Waals surface area contributed by atoms with Crippen molar-refractivity contribution in [1.29, 1.82) is 0 Å². The molecule has 0 fully saturated rings. The van der Waals surface area contributed by atoms with E-state index in [-0.39, 0.29) is 19.1 Å². The zero-order chi connectivity index (χ0) is 22.5. The minimum Gasteiger partial charge on any atom is -0.496 e. The van der Waals surface area contributed by atoms with Gasteiger partial charge in [0, 0.05) is 18.1 Å². The van der Waals surface area contributed by atoms with Gasteiger partial charge in [0.05, 0.1) is 32.9 Å². The van der Waals surface area contributed by atoms with Gasteiger partial charge in [-0.2, -0.15) is 0 Å². The number of alkyl carbamates (subject to hydrolysis) is 1. The van der Waals surface area contributed by atoms with Crippen LogP contribution in [-0.2, 0) is 11.3 Å². The van der Waals surface area contributed by atoms with Gasteiger partial charge < -0.3 is 24.3 Å². The van der Waals surface area contributed by atoms with Gasteiger partial charge in [-0.15, -0.1) is 0 Å². The largest absolute Gasteiger partial charge is 0.496 e. The second-order valence-corrected chi connectivity index (χ2v) is 7.42. The van der Waals surface area contributed by atoms with E-state index in [4.69, 9.17) is 18.9 Å². The third kappa shape index (κ3) is 4.21. The lowest BCUT2D eigenvalue weighted by atomic mass is 9.98. The Hall–Kier alpha value is -3.67. The maximum Gasteiger partial charge on any atom is 0.407 e. The average molecular weight is 434 g/mol. The Kier molecular flexibility index (Phi) is 6.50. The third-order valence-electron chi connectivity index (χ3n) is 5.65. The number of rotatable bonds is 8. The summed E-state index contributed by atoms with van der Waals surface area (Å²) < 4.78 is 22.1. The van der Waals surface area contributed by atoms with E-state index in [0.717, 1.165) is 0 Å². The maximum absolute atomic E-state index is 12.5. The summed E-state index contributed by atoms with van der Waals surface area (Å²) in [6, 6.07) is 20.1. The average Bonchev–Trinajstić information content (AvgIpc) is 3.15. The van der Waals surface area contributed by atoms with Crippen LogP contribution >= 0.6 is 0 Å². The minimum absolute atomic E-state index is 0.0164. The van der Waals surface area contributed by atoms with Gasteiger partial charge in [0.15, 0.2) is 0 Å². The number of nitrogens with one attached hydrogen (secondary N) is 1. The number of fused-ring (bicyclic) bond motifs is 3. The molecular weight excluding hydrogens is 406 g/mol. The Balaban J connectivity index is 1.44. The number of carbonyl (C=O) groups excluding carboxylic acids is 1. The van der Waals surface area contributed by atoms with Crippen LogP contribution in [0.5, 0.6) is 17.2 Å². The molecule has 3 aromatic rings. The van der Waals surface area contributed by atoms with Gasteiger partial charge >= 0.3 is 6.09 Å². The van der Waals surface area contributed by atoms with Crippen molar-refractivity contribution in [2.75, 3.05) is 27.4 Å². The first-order valence-corrected chi connectivity index (χ1v) is 10.6. The first-order valence-electron chi connectivity index (χ1n) is 10.6. The van der Waals surface area contributed by atoms with Crippen LogP contribution in [0.15, 0.2) is 60.7 Å². The van der Waals surface area contributed by atoms with E-state index in [0.29, 0.717) is 29.4 Å². The molecule has 0 atom stereocenters. The van der Waals surface area contributed by atoms with Crippen molar-refractivity contribution < 1.29 is 23.7 Å². The zero-order valence-electron chi connectivity index (χ0n) is 18.5. The molecule has 0 saturated carbocycles. The van der Waals surface area contributed by atoms with Crippen LogP contribution in [0.2, 0.25) is 0 Å². The minimum atomic E-state index is -0.496. The molecular formula is C26H27NO5. The van der Waals surface area contributed by atoms with E-state index in [1.807, 2.05) is 31.2 Å². The highest BCUT2D eigenvalue weighted by Crippen LogP contribution is 2.44. The van der Waals surface area contributed by atoms with Gasteiger partial charge in [-0.1, -0.05) is 48.5 Å². The lowest BCUT2D eigenvalue weighted by Gasteiger charge is -2.17. The van der Waals surface area contributed by atoms with Gasteiger partial charge in [0.1, 0.15) is 23.9 Å². The molecule has 1 aliphatic rings. The highest BCUT2D eigenvalue weighted by Gasteiger charge is 2.29. The number of hydrogen-bond acceptors (Lipinski definition) is 5. The molecule has 166 valence electrons. The van der Waals surface area contributed by atoms with E-state index < -0.39 is 6.09 Å². The fraction of sp³-hybridized carbons (Fsp3) is 0.269. The van der Waals surface area contributed by atoms with Crippen LogP contribution in [0.25, 0.3) is 11.1 Å². The SMILES string of the molecule is CCOc1cc(OC)c(CNC(=O)OCC2c3ccccc3-c3ccccc32)c(OC)c1. The van der Waals surface area contributed by atoms with Crippen LogP contribution < -0.4 is 19.5 Å². The van der Waals surface area contributed by atoms with Crippen LogP contribution in [0.3, 0.4) is 0 Å². The smallest absolute Gasteiger partial charge is 0.407 e. The Morgan fingerprint density at radius 2 is 1.47 bits per heavy atom. The number of amides is 1. The number of benzene rings is 3. The molecule has 3 aromatic carbocycles. The molecule has 0 aliphatic heterocycles. The molecule has 0 spiro atoms. The number of methoxy groups -OCH3 is 2. The molecule has 0 unspecified atom stereocenters. The van der Waals surface area contributed by atoms with Crippen molar-refractivity contribution in [1.82, 2.24) is 5.32 Å². The van der Waals surface area contributed by atoms with Crippen molar-refractivity contribution >= 4 is 6.09 Å². The highest BCUT2D eigenvalue weighted by molar-refractivity contribution is 5.79. The number of carbonyl (C=O) groups is 1. The molecule has 0 heterocycles. The molecule has 0 radical (unpaired) electrons. The molecule has 0 aromatic heterocycles. The lowest BCUT2D eigenvalue weighted by molar-refractivity contribution is 0.142. The summed E-state index contributed by atoms with van der Waals surface area (Å²) in [5.41, 5.74) is 5.46. The van der Waals surface area contributed by atoms with E-state index >= 15 is 0 Å². The molecule has 4 rings (SSSR count). The summed E-state index contributed by atoms with van der Waals surface area (Å²) in [6.45, 7) is 2.90. The van der Waals surface area contributed by atoms with Crippen LogP contribution in [0.4, 0.5) is 4.79 Å². The van der Waals surface area contributed by atoms with Crippen molar-refractivity contribution in [2.24, 2.45) is 0 Å². The van der Waals surface area contributed by atoms with Gasteiger partial charge in [-0.25, -0.2) is 4.79 Å². The van der Waals surface area contributed by atoms with Crippen molar-refractivity contribution in [2.45, 2.75) is 19.4 Å². The zero-order valence-corrected chi connectivity index (χ0v) is 18.5. The topological polar surface area (TPSA) is 66.0 Å². The van der Waals surface area contributed by atoms with Gasteiger partial charge in [0.2, 0.25) is 0 Å². The summed E-state index contributed by atoms with van der Waals surface area (Å²) in [4.78, 5) is 12.5. The quantitative estimate of drug-likeness (QED) is 0.533. The van der Waals surface area contributed by atoms with Crippen molar-refractivity contribution in [3.05, 3.63) is 77.4 Å². The monoisotopic (exact) mass is 433 g/mol. The fourth-order valence-corrected chi connectivity index (χ4v) is 4.19. The number of ether oxygens (including phenoxy) is 4. The van der Waals surface area contributed by atoms with Gasteiger partial charge in [0.25, 0.3) is 0 Å². The standard InChI is InChI=1S/C26H27NO5/c1-4-31-17-13-24(29-2)22(25(14-17)30-3)15-27-26(28)32-16-23-20-11-7-5-9-18(20)19-10-6-8-12-21(19)23/h5-14,23H,4,15-16H2,1-3H3,(H,27,28). The van der Waals surface area contributed by atoms with Gasteiger partial charge in [-0.05, 0) is 29.2 Å². The molecule has 0 saturated heterocycles. The Morgan fingerprint density at radius 1 is 0.906 bits per heavy atom. The summed E-state index contributed by atoms with van der Waals surface area (Å²) in [7, 11) is 3.14. The van der Waals surface area contributed by atoms with E-state index in [2.05, 4.69) is 29.6 Å². The normalized spacial score (nSPS) is 12.0. The van der Waals surface area contributed by atoms with E-state index in [1.54, 1.807) is 26.4 Å². The van der Waals surface area contributed by atoms with Crippen LogP contribution in [0.1, 0.15) is 29.5 Å². The molecule has 0 bridgehead atoms. The number of hydrogen-bond donors (Lipinski definition) is 1. The fourth-order valence-electron chi connectivity index (χ4n) is 4.19. The predicted molar refractivity (Wildman–Crippen MR) is 123 cm³/mol. The summed E-state index contributed by atoms with van der Waals surface area (Å²) in [6.07, 6.45) is -0.496. The second-order valence-electron chi connectivity index (χ2n) is 7.42.